The molecule has 0 fully saturated rings. The molecule has 0 aromatic carbocycles. The molecule has 0 radical (unpaired) electrons. The molecule has 0 rings (SSSR count). The minimum atomic E-state index is -4.52. The standard InChI is InChI=1S/C14H30O4S/c1-4-5-9-13(2)10-7-6-8-11-14(3)12-18-19(15,16)17/h13-14H,4-12H2,1-3H3,(H,15,16,17)/p-1. The average molecular weight is 293 g/mol. The highest BCUT2D eigenvalue weighted by Gasteiger charge is 2.06. The largest absolute Gasteiger partial charge is 0.726 e. The lowest BCUT2D eigenvalue weighted by Gasteiger charge is -2.14. The van der Waals surface area contributed by atoms with Crippen LogP contribution < -0.4 is 0 Å². The van der Waals surface area contributed by atoms with Crippen molar-refractivity contribution in [2.45, 2.75) is 72.1 Å². The maximum Gasteiger partial charge on any atom is 0.217 e. The fourth-order valence-corrected chi connectivity index (χ4v) is 2.54. The van der Waals surface area contributed by atoms with Crippen molar-refractivity contribution in [2.75, 3.05) is 6.61 Å². The molecule has 0 aromatic rings. The summed E-state index contributed by atoms with van der Waals surface area (Å²) in [6.07, 6.45) is 9.58. The van der Waals surface area contributed by atoms with E-state index >= 15 is 0 Å². The minimum absolute atomic E-state index is 0.0126. The monoisotopic (exact) mass is 293 g/mol. The fraction of sp³-hybridized carbons (Fsp3) is 1.00. The highest BCUT2D eigenvalue weighted by molar-refractivity contribution is 7.80. The van der Waals surface area contributed by atoms with Crippen molar-refractivity contribution >= 4 is 10.4 Å². The smallest absolute Gasteiger partial charge is 0.217 e. The zero-order valence-corrected chi connectivity index (χ0v) is 13.4. The van der Waals surface area contributed by atoms with Crippen LogP contribution in [0, 0.1) is 11.8 Å². The maximum atomic E-state index is 10.3. The van der Waals surface area contributed by atoms with E-state index in [2.05, 4.69) is 18.0 Å². The van der Waals surface area contributed by atoms with E-state index in [1.165, 1.54) is 38.5 Å². The first-order chi connectivity index (χ1) is 8.85. The molecule has 0 spiro atoms. The molecule has 0 aliphatic heterocycles. The van der Waals surface area contributed by atoms with Gasteiger partial charge in [-0.05, 0) is 18.3 Å². The molecule has 0 amide bonds. The van der Waals surface area contributed by atoms with Crippen molar-refractivity contribution in [1.29, 1.82) is 0 Å². The SMILES string of the molecule is CCCCC(C)CCCCCC(C)COS(=O)(=O)[O-]. The predicted octanol–water partition coefficient (Wildman–Crippen LogP) is 3.88. The Bertz CT molecular complexity index is 301. The van der Waals surface area contributed by atoms with Crippen LogP contribution >= 0.6 is 0 Å². The zero-order valence-electron chi connectivity index (χ0n) is 12.6. The highest BCUT2D eigenvalue weighted by Crippen LogP contribution is 2.17. The molecule has 0 bridgehead atoms. The Labute approximate surface area is 118 Å². The first-order valence-electron chi connectivity index (χ1n) is 7.45. The van der Waals surface area contributed by atoms with Crippen molar-refractivity contribution in [2.24, 2.45) is 11.8 Å². The third-order valence-corrected chi connectivity index (χ3v) is 3.87. The molecule has 5 heteroatoms. The predicted molar refractivity (Wildman–Crippen MR) is 76.6 cm³/mol. The van der Waals surface area contributed by atoms with Crippen LogP contribution in [0.5, 0.6) is 0 Å². The second-order valence-corrected chi connectivity index (χ2v) is 6.74. The molecule has 2 atom stereocenters. The van der Waals surface area contributed by atoms with Crippen LogP contribution in [-0.2, 0) is 14.6 Å². The summed E-state index contributed by atoms with van der Waals surface area (Å²) in [7, 11) is -4.52. The van der Waals surface area contributed by atoms with Crippen LogP contribution in [0.15, 0.2) is 0 Å². The summed E-state index contributed by atoms with van der Waals surface area (Å²) in [5, 5.41) is 0. The van der Waals surface area contributed by atoms with Gasteiger partial charge < -0.3 is 4.55 Å². The van der Waals surface area contributed by atoms with Gasteiger partial charge in [0.25, 0.3) is 0 Å². The van der Waals surface area contributed by atoms with Gasteiger partial charge in [0.15, 0.2) is 0 Å². The fourth-order valence-electron chi connectivity index (χ4n) is 2.14. The number of rotatable bonds is 12. The molecule has 19 heavy (non-hydrogen) atoms. The van der Waals surface area contributed by atoms with Gasteiger partial charge in [-0.15, -0.1) is 0 Å². The van der Waals surface area contributed by atoms with Gasteiger partial charge in [0.2, 0.25) is 10.4 Å². The maximum absolute atomic E-state index is 10.3. The summed E-state index contributed by atoms with van der Waals surface area (Å²) in [6.45, 7) is 6.46. The van der Waals surface area contributed by atoms with Gasteiger partial charge in [-0.3, -0.25) is 4.18 Å². The second-order valence-electron chi connectivity index (χ2n) is 5.68. The Balaban J connectivity index is 3.43. The van der Waals surface area contributed by atoms with Crippen LogP contribution in [0.4, 0.5) is 0 Å². The Hall–Kier alpha value is -0.130. The first kappa shape index (κ1) is 18.9. The minimum Gasteiger partial charge on any atom is -0.726 e. The lowest BCUT2D eigenvalue weighted by Crippen LogP contribution is -2.11. The van der Waals surface area contributed by atoms with Crippen molar-refractivity contribution < 1.29 is 17.2 Å². The third kappa shape index (κ3) is 14.1. The van der Waals surface area contributed by atoms with E-state index < -0.39 is 10.4 Å². The van der Waals surface area contributed by atoms with Gasteiger partial charge >= 0.3 is 0 Å². The molecule has 0 aliphatic rings. The summed E-state index contributed by atoms with van der Waals surface area (Å²) in [4.78, 5) is 0. The lowest BCUT2D eigenvalue weighted by molar-refractivity contribution is 0.218. The van der Waals surface area contributed by atoms with E-state index in [9.17, 15) is 13.0 Å². The summed E-state index contributed by atoms with van der Waals surface area (Å²) in [5.74, 6) is 0.938. The summed E-state index contributed by atoms with van der Waals surface area (Å²) in [6, 6.07) is 0. The number of hydrogen-bond acceptors (Lipinski definition) is 4. The van der Waals surface area contributed by atoms with Gasteiger partial charge in [0.1, 0.15) is 0 Å². The Morgan fingerprint density at radius 3 is 2.00 bits per heavy atom. The number of hydrogen-bond donors (Lipinski definition) is 0. The van der Waals surface area contributed by atoms with Gasteiger partial charge in [0.05, 0.1) is 6.61 Å². The lowest BCUT2D eigenvalue weighted by atomic mass is 9.96. The van der Waals surface area contributed by atoms with Crippen molar-refractivity contribution in [3.05, 3.63) is 0 Å². The molecule has 116 valence electrons. The Morgan fingerprint density at radius 2 is 1.47 bits per heavy atom. The molecule has 0 saturated heterocycles. The topological polar surface area (TPSA) is 66.4 Å². The molecule has 2 unspecified atom stereocenters. The van der Waals surface area contributed by atoms with Gasteiger partial charge in [-0.1, -0.05) is 65.7 Å². The summed E-state index contributed by atoms with van der Waals surface area (Å²) in [5.41, 5.74) is 0. The van der Waals surface area contributed by atoms with Crippen molar-refractivity contribution in [1.82, 2.24) is 0 Å². The molecule has 0 heterocycles. The van der Waals surface area contributed by atoms with Crippen LogP contribution in [0.3, 0.4) is 0 Å². The van der Waals surface area contributed by atoms with Crippen LogP contribution in [-0.4, -0.2) is 19.6 Å². The quantitative estimate of drug-likeness (QED) is 0.311. The molecule has 0 aromatic heterocycles. The van der Waals surface area contributed by atoms with E-state index in [-0.39, 0.29) is 12.5 Å². The van der Waals surface area contributed by atoms with Crippen molar-refractivity contribution in [3.8, 4) is 0 Å². The molecular weight excluding hydrogens is 264 g/mol. The average Bonchev–Trinajstić information content (AvgIpc) is 2.32. The van der Waals surface area contributed by atoms with Gasteiger partial charge in [-0.25, -0.2) is 8.42 Å². The molecule has 4 nitrogen and oxygen atoms in total. The van der Waals surface area contributed by atoms with E-state index in [0.717, 1.165) is 18.8 Å². The number of unbranched alkanes of at least 4 members (excludes halogenated alkanes) is 3. The summed E-state index contributed by atoms with van der Waals surface area (Å²) < 4.78 is 35.1. The van der Waals surface area contributed by atoms with E-state index in [0.29, 0.717) is 0 Å². The van der Waals surface area contributed by atoms with Crippen LogP contribution in [0.2, 0.25) is 0 Å². The zero-order chi connectivity index (χ0) is 14.7. The van der Waals surface area contributed by atoms with Crippen LogP contribution in [0.1, 0.15) is 72.1 Å². The highest BCUT2D eigenvalue weighted by atomic mass is 32.3. The normalized spacial score (nSPS) is 15.4. The molecule has 0 aliphatic carbocycles. The molecular formula is C14H29O4S-. The third-order valence-electron chi connectivity index (χ3n) is 3.44. The van der Waals surface area contributed by atoms with Crippen LogP contribution in [0.25, 0.3) is 0 Å². The Morgan fingerprint density at radius 1 is 0.947 bits per heavy atom. The van der Waals surface area contributed by atoms with E-state index in [4.69, 9.17) is 0 Å². The van der Waals surface area contributed by atoms with E-state index in [1.54, 1.807) is 0 Å². The van der Waals surface area contributed by atoms with E-state index in [1.807, 2.05) is 6.92 Å². The van der Waals surface area contributed by atoms with Gasteiger partial charge in [-0.2, -0.15) is 0 Å². The second kappa shape index (κ2) is 10.6. The molecule has 0 saturated carbocycles. The Kier molecular flexibility index (Phi) is 10.6. The molecule has 0 N–H and O–H groups in total. The first-order valence-corrected chi connectivity index (χ1v) is 8.78. The van der Waals surface area contributed by atoms with Crippen molar-refractivity contribution in [3.63, 3.8) is 0 Å². The summed E-state index contributed by atoms with van der Waals surface area (Å²) >= 11 is 0. The van der Waals surface area contributed by atoms with Gasteiger partial charge in [0, 0.05) is 0 Å².